The van der Waals surface area contributed by atoms with E-state index in [2.05, 4.69) is 16.6 Å². The molecular weight excluding hydrogens is 384 g/mol. The van der Waals surface area contributed by atoms with Gasteiger partial charge in [0.1, 0.15) is 0 Å². The van der Waals surface area contributed by atoms with Gasteiger partial charge >= 0.3 is 0 Å². The summed E-state index contributed by atoms with van der Waals surface area (Å²) < 4.78 is 29.3. The highest BCUT2D eigenvalue weighted by molar-refractivity contribution is 8.01. The minimum absolute atomic E-state index is 0.162. The molecule has 0 aliphatic carbocycles. The molecule has 1 heterocycles. The van der Waals surface area contributed by atoms with Crippen LogP contribution in [0.15, 0.2) is 46.8 Å². The van der Waals surface area contributed by atoms with Gasteiger partial charge in [0, 0.05) is 5.02 Å². The third-order valence-corrected chi connectivity index (χ3v) is 6.86. The molecule has 0 radical (unpaired) electrons. The van der Waals surface area contributed by atoms with Crippen LogP contribution in [0.4, 0.5) is 5.69 Å². The molecule has 0 saturated heterocycles. The Morgan fingerprint density at radius 3 is 2.79 bits per heavy atom. The van der Waals surface area contributed by atoms with Crippen molar-refractivity contribution in [3.05, 3.63) is 53.1 Å². The van der Waals surface area contributed by atoms with Crippen molar-refractivity contribution in [2.24, 2.45) is 0 Å². The second-order valence-electron chi connectivity index (χ2n) is 5.05. The van der Waals surface area contributed by atoms with E-state index in [9.17, 15) is 8.42 Å². The molecule has 0 amide bonds. The van der Waals surface area contributed by atoms with Crippen molar-refractivity contribution >= 4 is 60.6 Å². The minimum Gasteiger partial charge on any atom is -0.283 e. The second-order valence-corrected chi connectivity index (χ2v) is 9.72. The molecule has 8 heteroatoms. The van der Waals surface area contributed by atoms with Crippen LogP contribution in [0.1, 0.15) is 12.5 Å². The van der Waals surface area contributed by atoms with Gasteiger partial charge in [-0.25, -0.2) is 13.4 Å². The fourth-order valence-electron chi connectivity index (χ4n) is 2.19. The van der Waals surface area contributed by atoms with Crippen LogP contribution in [0.3, 0.4) is 0 Å². The van der Waals surface area contributed by atoms with Crippen LogP contribution in [0, 0.1) is 0 Å². The third kappa shape index (κ3) is 4.22. The van der Waals surface area contributed by atoms with Crippen LogP contribution in [0.5, 0.6) is 0 Å². The molecular formula is C16H15ClN2O2S3. The molecule has 0 aliphatic heterocycles. The summed E-state index contributed by atoms with van der Waals surface area (Å²) in [5.74, 6) is 0.793. The van der Waals surface area contributed by atoms with Crippen LogP contribution >= 0.6 is 34.7 Å². The Morgan fingerprint density at radius 2 is 2.04 bits per heavy atom. The van der Waals surface area contributed by atoms with Crippen LogP contribution in [-0.4, -0.2) is 19.2 Å². The first kappa shape index (κ1) is 17.5. The van der Waals surface area contributed by atoms with E-state index in [1.165, 1.54) is 0 Å². The van der Waals surface area contributed by atoms with Gasteiger partial charge in [0.15, 0.2) is 4.34 Å². The van der Waals surface area contributed by atoms with E-state index in [0.29, 0.717) is 16.3 Å². The number of thiazole rings is 1. The maximum Gasteiger partial charge on any atom is 0.236 e. The van der Waals surface area contributed by atoms with Crippen molar-refractivity contribution in [1.82, 2.24) is 4.98 Å². The predicted octanol–water partition coefficient (Wildman–Crippen LogP) is 5.00. The molecule has 0 fully saturated rings. The number of rotatable bonds is 6. The molecule has 4 nitrogen and oxygen atoms in total. The topological polar surface area (TPSA) is 59.1 Å². The Kier molecular flexibility index (Phi) is 5.34. The Morgan fingerprint density at radius 1 is 1.25 bits per heavy atom. The van der Waals surface area contributed by atoms with Gasteiger partial charge in [-0.1, -0.05) is 48.5 Å². The molecule has 2 aromatic carbocycles. The number of sulfonamides is 1. The molecule has 0 aliphatic rings. The number of halogens is 1. The van der Waals surface area contributed by atoms with Crippen LogP contribution < -0.4 is 4.72 Å². The molecule has 0 atom stereocenters. The molecule has 0 bridgehead atoms. The van der Waals surface area contributed by atoms with E-state index in [0.717, 1.165) is 20.3 Å². The average molecular weight is 399 g/mol. The first-order valence-corrected chi connectivity index (χ1v) is 11.1. The largest absolute Gasteiger partial charge is 0.283 e. The van der Waals surface area contributed by atoms with Crippen molar-refractivity contribution in [2.75, 3.05) is 10.5 Å². The summed E-state index contributed by atoms with van der Waals surface area (Å²) in [5.41, 5.74) is 1.99. The van der Waals surface area contributed by atoms with Crippen molar-refractivity contribution in [3.8, 4) is 0 Å². The van der Waals surface area contributed by atoms with E-state index in [1.807, 2.05) is 12.1 Å². The van der Waals surface area contributed by atoms with Gasteiger partial charge in [-0.3, -0.25) is 4.72 Å². The van der Waals surface area contributed by atoms with E-state index in [-0.39, 0.29) is 5.75 Å². The molecule has 0 spiro atoms. The Bertz CT molecular complexity index is 970. The Balaban J connectivity index is 1.81. The van der Waals surface area contributed by atoms with Crippen molar-refractivity contribution in [2.45, 2.75) is 17.0 Å². The fraction of sp³-hybridized carbons (Fsp3) is 0.188. The normalized spacial score (nSPS) is 11.8. The maximum atomic E-state index is 12.4. The van der Waals surface area contributed by atoms with Gasteiger partial charge in [0.05, 0.1) is 21.7 Å². The lowest BCUT2D eigenvalue weighted by atomic mass is 10.2. The van der Waals surface area contributed by atoms with Crippen LogP contribution in [0.25, 0.3) is 10.2 Å². The van der Waals surface area contributed by atoms with Crippen LogP contribution in [0.2, 0.25) is 5.02 Å². The fourth-order valence-corrected chi connectivity index (χ4v) is 5.69. The zero-order chi connectivity index (χ0) is 17.2. The van der Waals surface area contributed by atoms with Crippen molar-refractivity contribution in [1.29, 1.82) is 0 Å². The van der Waals surface area contributed by atoms with Crippen LogP contribution in [-0.2, 0) is 15.8 Å². The monoisotopic (exact) mass is 398 g/mol. The highest BCUT2D eigenvalue weighted by Crippen LogP contribution is 2.31. The van der Waals surface area contributed by atoms with E-state index in [4.69, 9.17) is 11.6 Å². The van der Waals surface area contributed by atoms with Gasteiger partial charge < -0.3 is 0 Å². The molecule has 0 unspecified atom stereocenters. The lowest BCUT2D eigenvalue weighted by Gasteiger charge is -2.09. The Hall–Kier alpha value is -1.28. The SMILES string of the molecule is CCSc1nc2ccc(NS(=O)(=O)Cc3ccccc3Cl)cc2s1. The van der Waals surface area contributed by atoms with Crippen molar-refractivity contribution in [3.63, 3.8) is 0 Å². The summed E-state index contributed by atoms with van der Waals surface area (Å²) in [6.07, 6.45) is 0. The number of benzene rings is 2. The number of hydrogen-bond acceptors (Lipinski definition) is 5. The molecule has 0 saturated carbocycles. The smallest absolute Gasteiger partial charge is 0.236 e. The van der Waals surface area contributed by atoms with E-state index < -0.39 is 10.0 Å². The number of nitrogens with zero attached hydrogens (tertiary/aromatic N) is 1. The number of fused-ring (bicyclic) bond motifs is 1. The third-order valence-electron chi connectivity index (χ3n) is 3.21. The summed E-state index contributed by atoms with van der Waals surface area (Å²) in [7, 11) is -3.54. The van der Waals surface area contributed by atoms with Gasteiger partial charge in [0.25, 0.3) is 0 Å². The first-order chi connectivity index (χ1) is 11.5. The predicted molar refractivity (Wildman–Crippen MR) is 104 cm³/mol. The molecule has 24 heavy (non-hydrogen) atoms. The van der Waals surface area contributed by atoms with Gasteiger partial charge in [-0.05, 0) is 35.6 Å². The van der Waals surface area contributed by atoms with Crippen molar-refractivity contribution < 1.29 is 8.42 Å². The molecule has 126 valence electrons. The lowest BCUT2D eigenvalue weighted by Crippen LogP contribution is -2.15. The summed E-state index contributed by atoms with van der Waals surface area (Å²) >= 11 is 9.28. The van der Waals surface area contributed by atoms with Gasteiger partial charge in [-0.15, -0.1) is 11.3 Å². The highest BCUT2D eigenvalue weighted by Gasteiger charge is 2.14. The van der Waals surface area contributed by atoms with Gasteiger partial charge in [-0.2, -0.15) is 0 Å². The molecule has 3 rings (SSSR count). The number of thioether (sulfide) groups is 1. The number of anilines is 1. The number of nitrogens with one attached hydrogen (secondary N) is 1. The second kappa shape index (κ2) is 7.31. The first-order valence-electron chi connectivity index (χ1n) is 7.24. The quantitative estimate of drug-likeness (QED) is 0.593. The van der Waals surface area contributed by atoms with Gasteiger partial charge in [0.2, 0.25) is 10.0 Å². The van der Waals surface area contributed by atoms with E-state index in [1.54, 1.807) is 53.4 Å². The maximum absolute atomic E-state index is 12.4. The molecule has 1 aromatic heterocycles. The summed E-state index contributed by atoms with van der Waals surface area (Å²) in [6, 6.07) is 12.3. The average Bonchev–Trinajstić information content (AvgIpc) is 2.91. The zero-order valence-electron chi connectivity index (χ0n) is 12.8. The number of hydrogen-bond donors (Lipinski definition) is 1. The lowest BCUT2D eigenvalue weighted by molar-refractivity contribution is 0.600. The zero-order valence-corrected chi connectivity index (χ0v) is 16.0. The molecule has 3 aromatic rings. The molecule has 1 N–H and O–H groups in total. The number of aromatic nitrogens is 1. The Labute approximate surface area is 154 Å². The van der Waals surface area contributed by atoms with E-state index >= 15 is 0 Å². The highest BCUT2D eigenvalue weighted by atomic mass is 35.5. The standard InChI is InChI=1S/C16H15ClN2O2S3/c1-2-22-16-18-14-8-7-12(9-15(14)23-16)19-24(20,21)10-11-5-3-4-6-13(11)17/h3-9,19H,2,10H2,1H3. The minimum atomic E-state index is -3.54. The summed E-state index contributed by atoms with van der Waals surface area (Å²) in [6.45, 7) is 2.07. The summed E-state index contributed by atoms with van der Waals surface area (Å²) in [5, 5.41) is 0.446. The summed E-state index contributed by atoms with van der Waals surface area (Å²) in [4.78, 5) is 4.51.